The molecule has 0 saturated carbocycles. The second kappa shape index (κ2) is 7.55. The number of benzene rings is 2. The van der Waals surface area contributed by atoms with Crippen molar-refractivity contribution in [3.05, 3.63) is 65.7 Å². The van der Waals surface area contributed by atoms with Crippen molar-refractivity contribution >= 4 is 17.7 Å². The monoisotopic (exact) mass is 339 g/mol. The summed E-state index contributed by atoms with van der Waals surface area (Å²) in [6.45, 7) is 2.00. The Morgan fingerprint density at radius 1 is 1.09 bits per heavy atom. The summed E-state index contributed by atoms with van der Waals surface area (Å²) in [4.78, 5) is 13.0. The summed E-state index contributed by atoms with van der Waals surface area (Å²) < 4.78 is 37.4. The van der Waals surface area contributed by atoms with Crippen LogP contribution in [0.15, 0.2) is 59.5 Å². The van der Waals surface area contributed by atoms with Crippen molar-refractivity contribution in [1.82, 2.24) is 5.32 Å². The van der Waals surface area contributed by atoms with Crippen LogP contribution in [0.2, 0.25) is 0 Å². The molecule has 0 saturated heterocycles. The predicted octanol–water partition coefficient (Wildman–Crippen LogP) is 4.50. The van der Waals surface area contributed by atoms with Crippen molar-refractivity contribution in [2.24, 2.45) is 0 Å². The van der Waals surface area contributed by atoms with Gasteiger partial charge >= 0.3 is 6.18 Å². The number of hydrogen-bond acceptors (Lipinski definition) is 2. The zero-order valence-electron chi connectivity index (χ0n) is 12.4. The largest absolute Gasteiger partial charge is 0.416 e. The van der Waals surface area contributed by atoms with Gasteiger partial charge in [-0.1, -0.05) is 30.3 Å². The highest BCUT2D eigenvalue weighted by Gasteiger charge is 2.29. The van der Waals surface area contributed by atoms with Crippen LogP contribution in [-0.2, 0) is 17.5 Å². The maximum Gasteiger partial charge on any atom is 0.416 e. The zero-order chi connectivity index (χ0) is 16.9. The Labute approximate surface area is 137 Å². The van der Waals surface area contributed by atoms with E-state index in [1.807, 2.05) is 30.3 Å². The van der Waals surface area contributed by atoms with Crippen LogP contribution >= 0.6 is 11.8 Å². The molecular weight excluding hydrogens is 323 g/mol. The van der Waals surface area contributed by atoms with Crippen molar-refractivity contribution in [1.29, 1.82) is 0 Å². The van der Waals surface area contributed by atoms with Gasteiger partial charge < -0.3 is 5.32 Å². The van der Waals surface area contributed by atoms with E-state index in [9.17, 15) is 18.0 Å². The molecule has 0 bridgehead atoms. The zero-order valence-corrected chi connectivity index (χ0v) is 13.2. The van der Waals surface area contributed by atoms with Crippen LogP contribution in [0, 0.1) is 0 Å². The van der Waals surface area contributed by atoms with Crippen LogP contribution in [0.1, 0.15) is 18.1 Å². The molecule has 0 aliphatic heterocycles. The minimum Gasteiger partial charge on any atom is -0.351 e. The molecule has 23 heavy (non-hydrogen) atoms. The van der Waals surface area contributed by atoms with Gasteiger partial charge in [-0.15, -0.1) is 11.8 Å². The lowest BCUT2D eigenvalue weighted by Crippen LogP contribution is -2.30. The summed E-state index contributed by atoms with van der Waals surface area (Å²) in [5.74, 6) is -0.154. The maximum atomic E-state index is 12.5. The van der Waals surface area contributed by atoms with Gasteiger partial charge in [-0.05, 0) is 36.8 Å². The number of nitrogens with one attached hydrogen (secondary N) is 1. The Bertz CT molecular complexity index is 641. The second-order valence-corrected chi connectivity index (χ2v) is 6.40. The molecule has 2 aromatic carbocycles. The van der Waals surface area contributed by atoms with Gasteiger partial charge in [-0.2, -0.15) is 13.2 Å². The van der Waals surface area contributed by atoms with Crippen LogP contribution in [0.3, 0.4) is 0 Å². The molecular formula is C17H16F3NOS. The number of carbonyl (C=O) groups excluding carboxylic acids is 1. The number of hydrogen-bond donors (Lipinski definition) is 1. The highest BCUT2D eigenvalue weighted by Crippen LogP contribution is 2.29. The van der Waals surface area contributed by atoms with E-state index >= 15 is 0 Å². The van der Waals surface area contributed by atoms with Crippen LogP contribution in [-0.4, -0.2) is 11.2 Å². The Morgan fingerprint density at radius 3 is 2.26 bits per heavy atom. The minimum atomic E-state index is -4.34. The quantitative estimate of drug-likeness (QED) is 0.813. The molecule has 6 heteroatoms. The van der Waals surface area contributed by atoms with Crippen LogP contribution < -0.4 is 5.32 Å². The third-order valence-corrected chi connectivity index (χ3v) is 4.29. The van der Waals surface area contributed by atoms with Crippen LogP contribution in [0.4, 0.5) is 13.2 Å². The maximum absolute atomic E-state index is 12.5. The summed E-state index contributed by atoms with van der Waals surface area (Å²) in [6, 6.07) is 14.3. The Hall–Kier alpha value is -1.95. The summed E-state index contributed by atoms with van der Waals surface area (Å²) in [6.07, 6.45) is -4.34. The topological polar surface area (TPSA) is 29.1 Å². The predicted molar refractivity (Wildman–Crippen MR) is 85.1 cm³/mol. The lowest BCUT2D eigenvalue weighted by Gasteiger charge is -2.12. The number of rotatable bonds is 5. The van der Waals surface area contributed by atoms with Gasteiger partial charge in [-0.3, -0.25) is 4.79 Å². The average molecular weight is 339 g/mol. The molecule has 0 unspecified atom stereocenters. The first-order chi connectivity index (χ1) is 10.9. The number of alkyl halides is 3. The summed E-state index contributed by atoms with van der Waals surface area (Å²) >= 11 is 1.43. The van der Waals surface area contributed by atoms with E-state index < -0.39 is 11.7 Å². The van der Waals surface area contributed by atoms with Crippen molar-refractivity contribution < 1.29 is 18.0 Å². The summed E-state index contributed by atoms with van der Waals surface area (Å²) in [7, 11) is 0. The highest BCUT2D eigenvalue weighted by molar-refractivity contribution is 8.00. The van der Waals surface area contributed by atoms with E-state index in [1.54, 1.807) is 6.92 Å². The van der Waals surface area contributed by atoms with Crippen LogP contribution in [0.25, 0.3) is 0 Å². The SMILES string of the molecule is C[C@@H](Sc1ccccc1)C(=O)NCc1ccc(C(F)(F)F)cc1. The molecule has 122 valence electrons. The number of carbonyl (C=O) groups is 1. The molecule has 2 nitrogen and oxygen atoms in total. The molecule has 0 heterocycles. The van der Waals surface area contributed by atoms with Gasteiger partial charge in [0.1, 0.15) is 0 Å². The van der Waals surface area contributed by atoms with Gasteiger partial charge in [0.15, 0.2) is 0 Å². The van der Waals surface area contributed by atoms with Crippen molar-refractivity contribution in [3.63, 3.8) is 0 Å². The van der Waals surface area contributed by atoms with E-state index in [1.165, 1.54) is 23.9 Å². The van der Waals surface area contributed by atoms with E-state index in [-0.39, 0.29) is 17.7 Å². The van der Waals surface area contributed by atoms with E-state index in [0.717, 1.165) is 17.0 Å². The fourth-order valence-electron chi connectivity index (χ4n) is 1.90. The van der Waals surface area contributed by atoms with Gasteiger partial charge in [-0.25, -0.2) is 0 Å². The van der Waals surface area contributed by atoms with Crippen molar-refractivity contribution in [2.45, 2.75) is 29.8 Å². The fourth-order valence-corrected chi connectivity index (χ4v) is 2.81. The molecule has 1 amide bonds. The molecule has 0 radical (unpaired) electrons. The third kappa shape index (κ3) is 5.32. The molecule has 2 rings (SSSR count). The molecule has 0 aliphatic rings. The Balaban J connectivity index is 1.86. The van der Waals surface area contributed by atoms with E-state index in [4.69, 9.17) is 0 Å². The second-order valence-electron chi connectivity index (χ2n) is 4.99. The van der Waals surface area contributed by atoms with E-state index in [2.05, 4.69) is 5.32 Å². The molecule has 0 aliphatic carbocycles. The van der Waals surface area contributed by atoms with Gasteiger partial charge in [0, 0.05) is 11.4 Å². The molecule has 0 aromatic heterocycles. The number of halogens is 3. The highest BCUT2D eigenvalue weighted by atomic mass is 32.2. The van der Waals surface area contributed by atoms with Crippen molar-refractivity contribution in [2.75, 3.05) is 0 Å². The molecule has 1 N–H and O–H groups in total. The van der Waals surface area contributed by atoms with Crippen LogP contribution in [0.5, 0.6) is 0 Å². The first-order valence-electron chi connectivity index (χ1n) is 7.02. The lowest BCUT2D eigenvalue weighted by molar-refractivity contribution is -0.137. The lowest BCUT2D eigenvalue weighted by atomic mass is 10.1. The number of thioether (sulfide) groups is 1. The summed E-state index contributed by atoms with van der Waals surface area (Å²) in [5.41, 5.74) is -0.0659. The summed E-state index contributed by atoms with van der Waals surface area (Å²) in [5, 5.41) is 2.45. The van der Waals surface area contributed by atoms with Gasteiger partial charge in [0.05, 0.1) is 10.8 Å². The standard InChI is InChI=1S/C17H16F3NOS/c1-12(23-15-5-3-2-4-6-15)16(22)21-11-13-7-9-14(10-8-13)17(18,19)20/h2-10,12H,11H2,1H3,(H,21,22)/t12-/m1/s1. The molecule has 0 spiro atoms. The average Bonchev–Trinajstić information content (AvgIpc) is 2.53. The fraction of sp³-hybridized carbons (Fsp3) is 0.235. The molecule has 0 fully saturated rings. The van der Waals surface area contributed by atoms with Gasteiger partial charge in [0.2, 0.25) is 5.91 Å². The third-order valence-electron chi connectivity index (χ3n) is 3.17. The smallest absolute Gasteiger partial charge is 0.351 e. The Kier molecular flexibility index (Phi) is 5.71. The first kappa shape index (κ1) is 17.4. The van der Waals surface area contributed by atoms with Gasteiger partial charge in [0.25, 0.3) is 0 Å². The number of amides is 1. The molecule has 2 aromatic rings. The van der Waals surface area contributed by atoms with Crippen molar-refractivity contribution in [3.8, 4) is 0 Å². The normalized spacial score (nSPS) is 12.7. The molecule has 1 atom stereocenters. The Morgan fingerprint density at radius 2 is 1.70 bits per heavy atom. The minimum absolute atomic E-state index is 0.154. The first-order valence-corrected chi connectivity index (χ1v) is 7.90. The van der Waals surface area contributed by atoms with E-state index in [0.29, 0.717) is 5.56 Å².